The summed E-state index contributed by atoms with van der Waals surface area (Å²) < 4.78 is 0. The first-order valence-electron chi connectivity index (χ1n) is 5.45. The molecule has 0 radical (unpaired) electrons. The van der Waals surface area contributed by atoms with Gasteiger partial charge in [-0.15, -0.1) is 12.3 Å². The highest BCUT2D eigenvalue weighted by molar-refractivity contribution is 5.79. The lowest BCUT2D eigenvalue weighted by molar-refractivity contribution is -0.128. The fourth-order valence-electron chi connectivity index (χ4n) is 1.92. The van der Waals surface area contributed by atoms with Crippen molar-refractivity contribution in [3.8, 4) is 12.3 Å². The van der Waals surface area contributed by atoms with Crippen molar-refractivity contribution in [3.63, 3.8) is 0 Å². The molecule has 1 fully saturated rings. The van der Waals surface area contributed by atoms with Gasteiger partial charge in [-0.1, -0.05) is 26.7 Å². The maximum absolute atomic E-state index is 11.5. The molecule has 1 saturated heterocycles. The summed E-state index contributed by atoms with van der Waals surface area (Å²) in [5.74, 6) is 3.69. The zero-order valence-electron chi connectivity index (χ0n) is 9.12. The average molecular weight is 193 g/mol. The van der Waals surface area contributed by atoms with Crippen molar-refractivity contribution in [3.05, 3.63) is 0 Å². The van der Waals surface area contributed by atoms with E-state index in [-0.39, 0.29) is 11.8 Å². The molecule has 0 aromatic carbocycles. The topological polar surface area (TPSA) is 20.3 Å². The van der Waals surface area contributed by atoms with Gasteiger partial charge in [-0.3, -0.25) is 4.79 Å². The maximum atomic E-state index is 11.5. The van der Waals surface area contributed by atoms with E-state index in [1.807, 2.05) is 4.90 Å². The molecule has 0 N–H and O–H groups in total. The van der Waals surface area contributed by atoms with Crippen LogP contribution in [0.1, 0.15) is 33.1 Å². The van der Waals surface area contributed by atoms with Gasteiger partial charge in [0.2, 0.25) is 5.91 Å². The zero-order valence-corrected chi connectivity index (χ0v) is 9.12. The average Bonchev–Trinajstić information content (AvgIpc) is 2.56. The molecule has 1 aliphatic rings. The smallest absolute Gasteiger partial charge is 0.223 e. The molecule has 1 atom stereocenters. The predicted molar refractivity (Wildman–Crippen MR) is 57.6 cm³/mol. The summed E-state index contributed by atoms with van der Waals surface area (Å²) in [5.41, 5.74) is 0. The van der Waals surface area contributed by atoms with Gasteiger partial charge in [0.25, 0.3) is 0 Å². The van der Waals surface area contributed by atoms with Crippen LogP contribution in [0.5, 0.6) is 0 Å². The number of hydrogen-bond acceptors (Lipinski definition) is 1. The van der Waals surface area contributed by atoms with Gasteiger partial charge in [-0.05, 0) is 5.92 Å². The Balaban J connectivity index is 2.46. The van der Waals surface area contributed by atoms with Crippen LogP contribution in [-0.4, -0.2) is 23.9 Å². The first-order valence-corrected chi connectivity index (χ1v) is 5.45. The molecule has 1 heterocycles. The number of nitrogens with zero attached hydrogens (tertiary/aromatic N) is 1. The third kappa shape index (κ3) is 2.51. The molecular formula is C12H19NO. The Hall–Kier alpha value is -0.970. The Morgan fingerprint density at radius 1 is 1.57 bits per heavy atom. The quantitative estimate of drug-likeness (QED) is 0.624. The van der Waals surface area contributed by atoms with E-state index in [1.54, 1.807) is 0 Å². The SMILES string of the molecule is C#CC1CC(=O)N(CC(CC)CC)C1. The summed E-state index contributed by atoms with van der Waals surface area (Å²) in [7, 11) is 0. The van der Waals surface area contributed by atoms with Crippen LogP contribution in [0.25, 0.3) is 0 Å². The highest BCUT2D eigenvalue weighted by Crippen LogP contribution is 2.20. The molecule has 14 heavy (non-hydrogen) atoms. The van der Waals surface area contributed by atoms with E-state index in [0.717, 1.165) is 25.9 Å². The number of carbonyl (C=O) groups is 1. The van der Waals surface area contributed by atoms with Crippen molar-refractivity contribution in [2.75, 3.05) is 13.1 Å². The summed E-state index contributed by atoms with van der Waals surface area (Å²) in [6.07, 6.45) is 8.16. The van der Waals surface area contributed by atoms with Crippen molar-refractivity contribution in [2.24, 2.45) is 11.8 Å². The highest BCUT2D eigenvalue weighted by Gasteiger charge is 2.28. The van der Waals surface area contributed by atoms with Gasteiger partial charge >= 0.3 is 0 Å². The fourth-order valence-corrected chi connectivity index (χ4v) is 1.92. The number of terminal acetylenes is 1. The summed E-state index contributed by atoms with van der Waals surface area (Å²) >= 11 is 0. The van der Waals surface area contributed by atoms with Gasteiger partial charge in [-0.25, -0.2) is 0 Å². The van der Waals surface area contributed by atoms with Crippen molar-refractivity contribution in [2.45, 2.75) is 33.1 Å². The van der Waals surface area contributed by atoms with Gasteiger partial charge in [0.15, 0.2) is 0 Å². The Labute approximate surface area is 86.7 Å². The minimum absolute atomic E-state index is 0.150. The van der Waals surface area contributed by atoms with Crippen molar-refractivity contribution in [1.29, 1.82) is 0 Å². The summed E-state index contributed by atoms with van der Waals surface area (Å²) in [6, 6.07) is 0. The molecule has 1 aliphatic heterocycles. The molecule has 2 nitrogen and oxygen atoms in total. The molecule has 0 bridgehead atoms. The van der Waals surface area contributed by atoms with Gasteiger partial charge < -0.3 is 4.90 Å². The van der Waals surface area contributed by atoms with Crippen molar-refractivity contribution in [1.82, 2.24) is 4.90 Å². The summed E-state index contributed by atoms with van der Waals surface area (Å²) in [5, 5.41) is 0. The van der Waals surface area contributed by atoms with E-state index in [9.17, 15) is 4.79 Å². The Kier molecular flexibility index (Phi) is 4.00. The molecule has 78 valence electrons. The molecule has 0 aromatic heterocycles. The third-order valence-electron chi connectivity index (χ3n) is 3.08. The lowest BCUT2D eigenvalue weighted by Gasteiger charge is -2.21. The number of hydrogen-bond donors (Lipinski definition) is 0. The number of carbonyl (C=O) groups excluding carboxylic acids is 1. The summed E-state index contributed by atoms with van der Waals surface area (Å²) in [6.45, 7) is 6.01. The van der Waals surface area contributed by atoms with Crippen LogP contribution in [-0.2, 0) is 4.79 Å². The number of amides is 1. The van der Waals surface area contributed by atoms with Gasteiger partial charge in [0.05, 0.1) is 0 Å². The number of likely N-dealkylation sites (tertiary alicyclic amines) is 1. The normalized spacial score (nSPS) is 21.7. The Bertz CT molecular complexity index is 237. The molecule has 0 aromatic rings. The van der Waals surface area contributed by atoms with Crippen LogP contribution in [0.15, 0.2) is 0 Å². The van der Waals surface area contributed by atoms with E-state index >= 15 is 0 Å². The van der Waals surface area contributed by atoms with E-state index in [1.165, 1.54) is 0 Å². The second kappa shape index (κ2) is 5.05. The largest absolute Gasteiger partial charge is 0.341 e. The molecule has 1 amide bonds. The van der Waals surface area contributed by atoms with Gasteiger partial charge in [-0.2, -0.15) is 0 Å². The Morgan fingerprint density at radius 3 is 2.64 bits per heavy atom. The zero-order chi connectivity index (χ0) is 10.6. The predicted octanol–water partition coefficient (Wildman–Crippen LogP) is 1.90. The van der Waals surface area contributed by atoms with Crippen LogP contribution in [0.4, 0.5) is 0 Å². The lowest BCUT2D eigenvalue weighted by atomic mass is 10.0. The fraction of sp³-hybridized carbons (Fsp3) is 0.750. The van der Waals surface area contributed by atoms with E-state index in [2.05, 4.69) is 19.8 Å². The van der Waals surface area contributed by atoms with Crippen LogP contribution in [0.3, 0.4) is 0 Å². The van der Waals surface area contributed by atoms with E-state index in [4.69, 9.17) is 6.42 Å². The first kappa shape index (κ1) is 11.1. The minimum Gasteiger partial charge on any atom is -0.341 e. The van der Waals surface area contributed by atoms with Crippen LogP contribution in [0.2, 0.25) is 0 Å². The Morgan fingerprint density at radius 2 is 2.21 bits per heavy atom. The molecule has 1 rings (SSSR count). The third-order valence-corrected chi connectivity index (χ3v) is 3.08. The van der Waals surface area contributed by atoms with Crippen LogP contribution in [0, 0.1) is 24.2 Å². The first-order chi connectivity index (χ1) is 6.71. The van der Waals surface area contributed by atoms with Crippen LogP contribution >= 0.6 is 0 Å². The van der Waals surface area contributed by atoms with Crippen molar-refractivity contribution >= 4 is 5.91 Å². The standard InChI is InChI=1S/C12H19NO/c1-4-10(5-2)8-13-9-11(6-3)7-12(13)14/h3,10-11H,4-5,7-9H2,1-2H3. The highest BCUT2D eigenvalue weighted by atomic mass is 16.2. The monoisotopic (exact) mass is 193 g/mol. The minimum atomic E-state index is 0.150. The van der Waals surface area contributed by atoms with Crippen LogP contribution < -0.4 is 0 Å². The molecule has 0 saturated carbocycles. The number of rotatable bonds is 4. The molecule has 0 spiro atoms. The second-order valence-corrected chi connectivity index (χ2v) is 4.05. The molecule has 0 aliphatic carbocycles. The lowest BCUT2D eigenvalue weighted by Crippen LogP contribution is -2.30. The molecule has 1 unspecified atom stereocenters. The van der Waals surface area contributed by atoms with Gasteiger partial charge in [0, 0.05) is 25.4 Å². The molecule has 2 heteroatoms. The summed E-state index contributed by atoms with van der Waals surface area (Å²) in [4.78, 5) is 13.5. The second-order valence-electron chi connectivity index (χ2n) is 4.05. The molecular weight excluding hydrogens is 174 g/mol. The maximum Gasteiger partial charge on any atom is 0.223 e. The van der Waals surface area contributed by atoms with Gasteiger partial charge in [0.1, 0.15) is 0 Å². The van der Waals surface area contributed by atoms with Crippen molar-refractivity contribution < 1.29 is 4.79 Å². The van der Waals surface area contributed by atoms with E-state index < -0.39 is 0 Å². The van der Waals surface area contributed by atoms with E-state index in [0.29, 0.717) is 12.3 Å².